The van der Waals surface area contributed by atoms with Crippen LogP contribution in [0.2, 0.25) is 0 Å². The first-order valence-corrected chi connectivity index (χ1v) is 6.42. The first-order chi connectivity index (χ1) is 8.63. The zero-order valence-electron chi connectivity index (χ0n) is 11.1. The van der Waals surface area contributed by atoms with Gasteiger partial charge in [-0.15, -0.1) is 0 Å². The van der Waals surface area contributed by atoms with E-state index in [0.29, 0.717) is 11.4 Å². The van der Waals surface area contributed by atoms with E-state index in [1.54, 1.807) is 13.2 Å². The van der Waals surface area contributed by atoms with E-state index in [4.69, 9.17) is 5.73 Å². The van der Waals surface area contributed by atoms with Crippen molar-refractivity contribution in [3.05, 3.63) is 11.8 Å². The molecule has 1 saturated heterocycles. The van der Waals surface area contributed by atoms with Gasteiger partial charge >= 0.3 is 0 Å². The van der Waals surface area contributed by atoms with E-state index in [9.17, 15) is 4.79 Å². The molecule has 0 bridgehead atoms. The smallest absolute Gasteiger partial charge is 0.259 e. The highest BCUT2D eigenvalue weighted by Gasteiger charge is 2.24. The standard InChI is InChI=1S/C12H21N5O/c1-3-4-16-5-7-17(8-6-16)12(18)10-9-14-15(2)11(10)13/h9H,3-8,13H2,1-2H3. The summed E-state index contributed by atoms with van der Waals surface area (Å²) < 4.78 is 1.53. The van der Waals surface area contributed by atoms with E-state index in [1.165, 1.54) is 4.68 Å². The number of nitrogen functional groups attached to an aromatic ring is 1. The third-order valence-electron chi connectivity index (χ3n) is 3.41. The Bertz CT molecular complexity index is 420. The molecule has 0 saturated carbocycles. The SMILES string of the molecule is CCCN1CCN(C(=O)c2cnn(C)c2N)CC1. The van der Waals surface area contributed by atoms with Gasteiger partial charge in [-0.2, -0.15) is 5.10 Å². The number of anilines is 1. The van der Waals surface area contributed by atoms with Gasteiger partial charge < -0.3 is 10.6 Å². The Labute approximate surface area is 107 Å². The minimum Gasteiger partial charge on any atom is -0.383 e. The van der Waals surface area contributed by atoms with Crippen LogP contribution in [0.4, 0.5) is 5.82 Å². The lowest BCUT2D eigenvalue weighted by molar-refractivity contribution is 0.0638. The number of hydrogen-bond donors (Lipinski definition) is 1. The molecule has 0 unspecified atom stereocenters. The number of aryl methyl sites for hydroxylation is 1. The van der Waals surface area contributed by atoms with Crippen LogP contribution in [0.15, 0.2) is 6.20 Å². The number of nitrogens with two attached hydrogens (primary N) is 1. The monoisotopic (exact) mass is 251 g/mol. The maximum absolute atomic E-state index is 12.3. The molecule has 6 nitrogen and oxygen atoms in total. The van der Waals surface area contributed by atoms with E-state index < -0.39 is 0 Å². The molecular formula is C12H21N5O. The maximum atomic E-state index is 12.3. The van der Waals surface area contributed by atoms with Gasteiger partial charge in [-0.05, 0) is 13.0 Å². The summed E-state index contributed by atoms with van der Waals surface area (Å²) in [7, 11) is 1.74. The summed E-state index contributed by atoms with van der Waals surface area (Å²) in [5, 5.41) is 4.01. The van der Waals surface area contributed by atoms with Crippen LogP contribution in [0.25, 0.3) is 0 Å². The second-order valence-electron chi connectivity index (χ2n) is 4.70. The number of piperazine rings is 1. The lowest BCUT2D eigenvalue weighted by Gasteiger charge is -2.34. The van der Waals surface area contributed by atoms with Crippen molar-refractivity contribution in [3.63, 3.8) is 0 Å². The minimum atomic E-state index is -0.00301. The van der Waals surface area contributed by atoms with Gasteiger partial charge in [0.25, 0.3) is 5.91 Å². The van der Waals surface area contributed by atoms with Crippen molar-refractivity contribution in [2.45, 2.75) is 13.3 Å². The van der Waals surface area contributed by atoms with E-state index >= 15 is 0 Å². The molecule has 1 fully saturated rings. The summed E-state index contributed by atoms with van der Waals surface area (Å²) in [5.41, 5.74) is 6.34. The molecule has 2 N–H and O–H groups in total. The minimum absolute atomic E-state index is 0.00301. The summed E-state index contributed by atoms with van der Waals surface area (Å²) in [6.45, 7) is 6.71. The van der Waals surface area contributed by atoms with Crippen LogP contribution in [-0.4, -0.2) is 58.2 Å². The summed E-state index contributed by atoms with van der Waals surface area (Å²) in [6.07, 6.45) is 2.71. The van der Waals surface area contributed by atoms with Crippen LogP contribution in [0, 0.1) is 0 Å². The largest absolute Gasteiger partial charge is 0.383 e. The van der Waals surface area contributed by atoms with Gasteiger partial charge in [-0.1, -0.05) is 6.92 Å². The molecule has 1 aliphatic heterocycles. The van der Waals surface area contributed by atoms with Crippen LogP contribution < -0.4 is 5.73 Å². The fourth-order valence-electron chi connectivity index (χ4n) is 2.27. The van der Waals surface area contributed by atoms with Crippen molar-refractivity contribution < 1.29 is 4.79 Å². The summed E-state index contributed by atoms with van der Waals surface area (Å²) in [5.74, 6) is 0.438. The molecule has 1 amide bonds. The Hall–Kier alpha value is -1.56. The summed E-state index contributed by atoms with van der Waals surface area (Å²) in [4.78, 5) is 16.5. The molecule has 0 spiro atoms. The van der Waals surface area contributed by atoms with E-state index in [1.807, 2.05) is 4.90 Å². The fraction of sp³-hybridized carbons (Fsp3) is 0.667. The fourth-order valence-corrected chi connectivity index (χ4v) is 2.27. The molecule has 1 aromatic rings. The van der Waals surface area contributed by atoms with E-state index in [0.717, 1.165) is 39.1 Å². The first kappa shape index (κ1) is 12.9. The predicted octanol–water partition coefficient (Wildman–Crippen LogP) is 0.170. The second-order valence-corrected chi connectivity index (χ2v) is 4.70. The Balaban J connectivity index is 1.97. The quantitative estimate of drug-likeness (QED) is 0.831. The molecule has 2 rings (SSSR count). The topological polar surface area (TPSA) is 67.4 Å². The van der Waals surface area contributed by atoms with Crippen LogP contribution in [0.5, 0.6) is 0 Å². The van der Waals surface area contributed by atoms with Crippen LogP contribution in [0.3, 0.4) is 0 Å². The molecule has 100 valence electrons. The number of nitrogens with zero attached hydrogens (tertiary/aromatic N) is 4. The van der Waals surface area contributed by atoms with Gasteiger partial charge in [0.2, 0.25) is 0 Å². The maximum Gasteiger partial charge on any atom is 0.259 e. The second kappa shape index (κ2) is 5.39. The number of hydrogen-bond acceptors (Lipinski definition) is 4. The summed E-state index contributed by atoms with van der Waals surface area (Å²) in [6, 6.07) is 0. The molecule has 0 aliphatic carbocycles. The van der Waals surface area contributed by atoms with Crippen molar-refractivity contribution >= 4 is 11.7 Å². The Morgan fingerprint density at radius 1 is 1.39 bits per heavy atom. The van der Waals surface area contributed by atoms with Gasteiger partial charge in [-0.25, -0.2) is 0 Å². The molecule has 0 atom stereocenters. The van der Waals surface area contributed by atoms with Crippen molar-refractivity contribution in [2.75, 3.05) is 38.5 Å². The zero-order valence-corrected chi connectivity index (χ0v) is 11.1. The van der Waals surface area contributed by atoms with Gasteiger partial charge in [-0.3, -0.25) is 14.4 Å². The van der Waals surface area contributed by atoms with Crippen molar-refractivity contribution in [2.24, 2.45) is 7.05 Å². The highest BCUT2D eigenvalue weighted by atomic mass is 16.2. The molecule has 2 heterocycles. The number of rotatable bonds is 3. The van der Waals surface area contributed by atoms with Crippen molar-refractivity contribution in [1.29, 1.82) is 0 Å². The van der Waals surface area contributed by atoms with Crippen LogP contribution in [0.1, 0.15) is 23.7 Å². The number of carbonyl (C=O) groups is 1. The number of carbonyl (C=O) groups excluding carboxylic acids is 1. The predicted molar refractivity (Wildman–Crippen MR) is 70.3 cm³/mol. The molecular weight excluding hydrogens is 230 g/mol. The van der Waals surface area contributed by atoms with Crippen LogP contribution in [-0.2, 0) is 7.05 Å². The first-order valence-electron chi connectivity index (χ1n) is 6.42. The Kier molecular flexibility index (Phi) is 3.86. The lowest BCUT2D eigenvalue weighted by atomic mass is 10.2. The molecule has 6 heteroatoms. The molecule has 0 aromatic carbocycles. The van der Waals surface area contributed by atoms with E-state index in [2.05, 4.69) is 16.9 Å². The molecule has 1 aliphatic rings. The van der Waals surface area contributed by atoms with Crippen LogP contribution >= 0.6 is 0 Å². The third-order valence-corrected chi connectivity index (χ3v) is 3.41. The Morgan fingerprint density at radius 2 is 2.06 bits per heavy atom. The number of amides is 1. The van der Waals surface area contributed by atoms with Gasteiger partial charge in [0.1, 0.15) is 11.4 Å². The zero-order chi connectivity index (χ0) is 13.1. The van der Waals surface area contributed by atoms with Crippen molar-refractivity contribution in [3.8, 4) is 0 Å². The normalized spacial score (nSPS) is 17.1. The van der Waals surface area contributed by atoms with Crippen molar-refractivity contribution in [1.82, 2.24) is 19.6 Å². The highest BCUT2D eigenvalue weighted by Crippen LogP contribution is 2.14. The lowest BCUT2D eigenvalue weighted by Crippen LogP contribution is -2.48. The number of aromatic nitrogens is 2. The highest BCUT2D eigenvalue weighted by molar-refractivity contribution is 5.98. The molecule has 0 radical (unpaired) electrons. The average molecular weight is 251 g/mol. The third kappa shape index (κ3) is 2.48. The van der Waals surface area contributed by atoms with Gasteiger partial charge in [0, 0.05) is 33.2 Å². The van der Waals surface area contributed by atoms with Gasteiger partial charge in [0.05, 0.1) is 6.20 Å². The Morgan fingerprint density at radius 3 is 2.56 bits per heavy atom. The summed E-state index contributed by atoms with van der Waals surface area (Å²) >= 11 is 0. The molecule has 1 aromatic heterocycles. The average Bonchev–Trinajstić information content (AvgIpc) is 2.71. The van der Waals surface area contributed by atoms with E-state index in [-0.39, 0.29) is 5.91 Å². The van der Waals surface area contributed by atoms with Gasteiger partial charge in [0.15, 0.2) is 0 Å². The molecule has 18 heavy (non-hydrogen) atoms.